The Morgan fingerprint density at radius 2 is 2.31 bits per heavy atom. The molecule has 0 bridgehead atoms. The summed E-state index contributed by atoms with van der Waals surface area (Å²) >= 11 is 1.13. The summed E-state index contributed by atoms with van der Waals surface area (Å²) in [6.45, 7) is -0.649. The summed E-state index contributed by atoms with van der Waals surface area (Å²) in [5.74, 6) is -1.29. The highest BCUT2D eigenvalue weighted by molar-refractivity contribution is 7.12. The van der Waals surface area contributed by atoms with Crippen LogP contribution in [0, 0.1) is 0 Å². The lowest BCUT2D eigenvalue weighted by molar-refractivity contribution is -0.140. The van der Waals surface area contributed by atoms with Gasteiger partial charge in [0.05, 0.1) is 18.6 Å². The number of amides is 1. The molecule has 0 saturated heterocycles. The second-order valence-electron chi connectivity index (χ2n) is 2.90. The number of nitrogens with one attached hydrogen (secondary N) is 1. The summed E-state index contributed by atoms with van der Waals surface area (Å²) in [7, 11) is 1.47. The Morgan fingerprint density at radius 3 is 2.75 bits per heavy atom. The van der Waals surface area contributed by atoms with Gasteiger partial charge in [-0.2, -0.15) is 0 Å². The van der Waals surface area contributed by atoms with Crippen LogP contribution in [0.3, 0.4) is 0 Å². The molecule has 0 aromatic carbocycles. The lowest BCUT2D eigenvalue weighted by Gasteiger charge is -2.10. The van der Waals surface area contributed by atoms with Gasteiger partial charge in [0, 0.05) is 11.4 Å². The van der Waals surface area contributed by atoms with Crippen molar-refractivity contribution in [1.82, 2.24) is 5.32 Å². The zero-order chi connectivity index (χ0) is 12.1. The Balaban J connectivity index is 2.67. The first-order valence-electron chi connectivity index (χ1n) is 4.35. The number of aliphatic hydroxyl groups excluding tert-OH is 1. The summed E-state index contributed by atoms with van der Waals surface area (Å²) in [6, 6.07) is 0.205. The molecule has 0 aliphatic heterocycles. The quantitative estimate of drug-likeness (QED) is 0.675. The first kappa shape index (κ1) is 12.5. The molecule has 1 rings (SSSR count). The number of carbonyl (C=O) groups is 2. The van der Waals surface area contributed by atoms with Crippen molar-refractivity contribution in [3.05, 3.63) is 16.3 Å². The van der Waals surface area contributed by atoms with E-state index in [0.29, 0.717) is 10.6 Å². The van der Waals surface area contributed by atoms with Crippen molar-refractivity contribution in [2.75, 3.05) is 13.7 Å². The molecule has 0 radical (unpaired) electrons. The number of rotatable bonds is 5. The highest BCUT2D eigenvalue weighted by Gasteiger charge is 2.20. The number of aliphatic carboxylic acids is 1. The standard InChI is InChI=1S/C9H11NO5S/c1-15-5-2-7(16-4-5)8(12)10-6(3-11)9(13)14/h2,4,6,11H,3H2,1H3,(H,10,12)(H,13,14)/t6-/m0/s1. The van der Waals surface area contributed by atoms with E-state index in [1.165, 1.54) is 13.2 Å². The lowest BCUT2D eigenvalue weighted by Crippen LogP contribution is -2.43. The molecule has 1 heterocycles. The van der Waals surface area contributed by atoms with Gasteiger partial charge in [-0.15, -0.1) is 11.3 Å². The third-order valence-corrected chi connectivity index (χ3v) is 2.73. The number of hydrogen-bond acceptors (Lipinski definition) is 5. The van der Waals surface area contributed by atoms with E-state index in [-0.39, 0.29) is 0 Å². The van der Waals surface area contributed by atoms with Crippen LogP contribution in [0.25, 0.3) is 0 Å². The Labute approximate surface area is 95.5 Å². The van der Waals surface area contributed by atoms with Gasteiger partial charge in [-0.3, -0.25) is 4.79 Å². The van der Waals surface area contributed by atoms with Crippen molar-refractivity contribution >= 4 is 23.2 Å². The number of methoxy groups -OCH3 is 1. The number of carboxylic acids is 1. The average molecular weight is 245 g/mol. The fourth-order valence-corrected chi connectivity index (χ4v) is 1.72. The predicted molar refractivity (Wildman–Crippen MR) is 56.8 cm³/mol. The van der Waals surface area contributed by atoms with Crippen LogP contribution in [0.2, 0.25) is 0 Å². The van der Waals surface area contributed by atoms with Gasteiger partial charge in [-0.05, 0) is 0 Å². The summed E-state index contributed by atoms with van der Waals surface area (Å²) in [5.41, 5.74) is 0. The number of hydrogen-bond donors (Lipinski definition) is 3. The molecule has 7 heteroatoms. The maximum atomic E-state index is 11.5. The Bertz CT molecular complexity index is 389. The van der Waals surface area contributed by atoms with Gasteiger partial charge in [0.15, 0.2) is 6.04 Å². The number of thiophene rings is 1. The molecule has 16 heavy (non-hydrogen) atoms. The Morgan fingerprint density at radius 1 is 1.62 bits per heavy atom. The van der Waals surface area contributed by atoms with Gasteiger partial charge in [0.1, 0.15) is 5.75 Å². The van der Waals surface area contributed by atoms with Crippen LogP contribution in [-0.4, -0.2) is 41.8 Å². The van der Waals surface area contributed by atoms with Crippen LogP contribution in [0.5, 0.6) is 5.75 Å². The summed E-state index contributed by atoms with van der Waals surface area (Å²) in [5, 5.41) is 21.2. The first-order valence-corrected chi connectivity index (χ1v) is 5.23. The lowest BCUT2D eigenvalue weighted by atomic mass is 10.3. The summed E-state index contributed by atoms with van der Waals surface area (Å²) < 4.78 is 4.89. The molecule has 0 spiro atoms. The predicted octanol–water partition coefficient (Wildman–Crippen LogP) is -0.0680. The Hall–Kier alpha value is -1.60. The van der Waals surface area contributed by atoms with E-state index in [1.807, 2.05) is 0 Å². The van der Waals surface area contributed by atoms with Crippen molar-refractivity contribution in [3.8, 4) is 5.75 Å². The van der Waals surface area contributed by atoms with Crippen LogP contribution in [0.4, 0.5) is 0 Å². The molecule has 1 amide bonds. The maximum Gasteiger partial charge on any atom is 0.328 e. The molecule has 1 aromatic rings. The van der Waals surface area contributed by atoms with Crippen LogP contribution in [-0.2, 0) is 4.79 Å². The smallest absolute Gasteiger partial charge is 0.328 e. The van der Waals surface area contributed by atoms with Crippen molar-refractivity contribution in [1.29, 1.82) is 0 Å². The first-order chi connectivity index (χ1) is 7.58. The molecule has 1 aromatic heterocycles. The fraction of sp³-hybridized carbons (Fsp3) is 0.333. The van der Waals surface area contributed by atoms with Gasteiger partial charge in [0.2, 0.25) is 0 Å². The van der Waals surface area contributed by atoms with E-state index < -0.39 is 24.5 Å². The largest absolute Gasteiger partial charge is 0.496 e. The fourth-order valence-electron chi connectivity index (χ4n) is 0.960. The SMILES string of the molecule is COc1csc(C(=O)N[C@@H](CO)C(=O)O)c1. The zero-order valence-corrected chi connectivity index (χ0v) is 9.28. The minimum absolute atomic E-state index is 0.330. The molecule has 6 nitrogen and oxygen atoms in total. The average Bonchev–Trinajstić information content (AvgIpc) is 2.73. The number of ether oxygens (including phenoxy) is 1. The third-order valence-electron chi connectivity index (χ3n) is 1.82. The topological polar surface area (TPSA) is 95.9 Å². The van der Waals surface area contributed by atoms with E-state index in [0.717, 1.165) is 11.3 Å². The van der Waals surface area contributed by atoms with E-state index >= 15 is 0 Å². The highest BCUT2D eigenvalue weighted by Crippen LogP contribution is 2.20. The molecule has 3 N–H and O–H groups in total. The molecular weight excluding hydrogens is 234 g/mol. The minimum atomic E-state index is -1.29. The van der Waals surface area contributed by atoms with Crippen molar-refractivity contribution in [3.63, 3.8) is 0 Å². The number of aliphatic hydroxyl groups is 1. The highest BCUT2D eigenvalue weighted by atomic mass is 32.1. The number of carbonyl (C=O) groups excluding carboxylic acids is 1. The van der Waals surface area contributed by atoms with Gasteiger partial charge in [-0.1, -0.05) is 0 Å². The zero-order valence-electron chi connectivity index (χ0n) is 8.47. The van der Waals surface area contributed by atoms with Gasteiger partial charge in [0.25, 0.3) is 5.91 Å². The molecule has 0 aliphatic carbocycles. The van der Waals surface area contributed by atoms with E-state index in [1.54, 1.807) is 5.38 Å². The minimum Gasteiger partial charge on any atom is -0.496 e. The normalized spacial score (nSPS) is 11.9. The van der Waals surface area contributed by atoms with Crippen molar-refractivity contribution in [2.24, 2.45) is 0 Å². The van der Waals surface area contributed by atoms with Gasteiger partial charge >= 0.3 is 5.97 Å². The van der Waals surface area contributed by atoms with Crippen molar-refractivity contribution in [2.45, 2.75) is 6.04 Å². The third kappa shape index (κ3) is 2.94. The molecule has 0 saturated carbocycles. The molecule has 0 aliphatic rings. The monoisotopic (exact) mass is 245 g/mol. The summed E-state index contributed by atoms with van der Waals surface area (Å²) in [6.07, 6.45) is 0. The van der Waals surface area contributed by atoms with E-state index in [4.69, 9.17) is 14.9 Å². The van der Waals surface area contributed by atoms with Crippen molar-refractivity contribution < 1.29 is 24.5 Å². The van der Waals surface area contributed by atoms with E-state index in [9.17, 15) is 9.59 Å². The molecular formula is C9H11NO5S. The van der Waals surface area contributed by atoms with Gasteiger partial charge < -0.3 is 20.3 Å². The second-order valence-corrected chi connectivity index (χ2v) is 3.81. The van der Waals surface area contributed by atoms with Gasteiger partial charge in [-0.25, -0.2) is 4.79 Å². The molecule has 0 fully saturated rings. The second kappa shape index (κ2) is 5.47. The molecule has 1 atom stereocenters. The maximum absolute atomic E-state index is 11.5. The number of carboxylic acid groups (broad SMARTS) is 1. The summed E-state index contributed by atoms with van der Waals surface area (Å²) in [4.78, 5) is 22.4. The Kier molecular flexibility index (Phi) is 4.27. The molecule has 0 unspecified atom stereocenters. The van der Waals surface area contributed by atoms with Crippen LogP contribution >= 0.6 is 11.3 Å². The van der Waals surface area contributed by atoms with Crippen LogP contribution in [0.1, 0.15) is 9.67 Å². The molecule has 88 valence electrons. The van der Waals surface area contributed by atoms with Crippen LogP contribution in [0.15, 0.2) is 11.4 Å². The van der Waals surface area contributed by atoms with Crippen LogP contribution < -0.4 is 10.1 Å². The van der Waals surface area contributed by atoms with E-state index in [2.05, 4.69) is 5.32 Å².